The van der Waals surface area contributed by atoms with Crippen LogP contribution in [0.15, 0.2) is 36.4 Å². The molecule has 1 aliphatic carbocycles. The van der Waals surface area contributed by atoms with Gasteiger partial charge in [0, 0.05) is 6.42 Å². The average Bonchev–Trinajstić information content (AvgIpc) is 3.06. The van der Waals surface area contributed by atoms with Gasteiger partial charge >= 0.3 is 0 Å². The molecule has 0 bridgehead atoms. The van der Waals surface area contributed by atoms with Crippen LogP contribution >= 0.6 is 0 Å². The summed E-state index contributed by atoms with van der Waals surface area (Å²) in [6.07, 6.45) is 7.05. The first kappa shape index (κ1) is 12.9. The number of imidazole rings is 1. The lowest BCUT2D eigenvalue weighted by molar-refractivity contribution is -0.122. The Bertz CT molecular complexity index is 611. The molecule has 0 aliphatic heterocycles. The number of allylic oxidation sites excluding steroid dienone is 2. The number of benzene rings is 1. The minimum atomic E-state index is -0.0970. The van der Waals surface area contributed by atoms with Crippen LogP contribution in [0.5, 0.6) is 0 Å². The van der Waals surface area contributed by atoms with Crippen molar-refractivity contribution in [2.75, 3.05) is 0 Å². The van der Waals surface area contributed by atoms with Crippen LogP contribution in [0, 0.1) is 5.92 Å². The van der Waals surface area contributed by atoms with Gasteiger partial charge < -0.3 is 10.3 Å². The Morgan fingerprint density at radius 2 is 2.35 bits per heavy atom. The molecule has 2 aromatic rings. The first-order valence-electron chi connectivity index (χ1n) is 7.13. The van der Waals surface area contributed by atoms with E-state index in [9.17, 15) is 4.79 Å². The largest absolute Gasteiger partial charge is 0.346 e. The number of hydrogen-bond donors (Lipinski definition) is 2. The number of H-pyrrole nitrogens is 1. The quantitative estimate of drug-likeness (QED) is 0.838. The Hall–Kier alpha value is -2.10. The molecule has 0 radical (unpaired) electrons. The second kappa shape index (κ2) is 5.49. The van der Waals surface area contributed by atoms with Gasteiger partial charge in [-0.05, 0) is 37.8 Å². The summed E-state index contributed by atoms with van der Waals surface area (Å²) in [6.45, 7) is 1.96. The number of nitrogens with one attached hydrogen (secondary N) is 2. The molecular formula is C16H19N3O. The standard InChI is InChI=1S/C16H19N3O/c1-11(17-15(20)10-12-6-2-3-7-12)16-18-13-8-4-5-9-14(13)19-16/h2,4-6,8-9,11-12H,3,7,10H2,1H3,(H,17,20)(H,18,19)/t11-,12+/m1/s1. The Balaban J connectivity index is 1.64. The second-order valence-electron chi connectivity index (χ2n) is 5.40. The van der Waals surface area contributed by atoms with E-state index in [1.165, 1.54) is 0 Å². The van der Waals surface area contributed by atoms with Crippen LogP contribution in [0.3, 0.4) is 0 Å². The molecule has 3 rings (SSSR count). The average molecular weight is 269 g/mol. The maximum absolute atomic E-state index is 12.0. The highest BCUT2D eigenvalue weighted by Crippen LogP contribution is 2.21. The van der Waals surface area contributed by atoms with Crippen LogP contribution in [0.4, 0.5) is 0 Å². The summed E-state index contributed by atoms with van der Waals surface area (Å²) in [5.41, 5.74) is 1.93. The van der Waals surface area contributed by atoms with Crippen molar-refractivity contribution in [3.8, 4) is 0 Å². The molecule has 4 nitrogen and oxygen atoms in total. The second-order valence-corrected chi connectivity index (χ2v) is 5.40. The number of hydrogen-bond acceptors (Lipinski definition) is 2. The molecule has 1 amide bonds. The fourth-order valence-electron chi connectivity index (χ4n) is 2.65. The first-order chi connectivity index (χ1) is 9.72. The maximum Gasteiger partial charge on any atom is 0.221 e. The van der Waals surface area contributed by atoms with Gasteiger partial charge in [-0.25, -0.2) is 4.98 Å². The van der Waals surface area contributed by atoms with Crippen LogP contribution in [-0.2, 0) is 4.79 Å². The SMILES string of the molecule is C[C@@H](NC(=O)C[C@H]1C=CCC1)c1nc2ccccc2[nH]1. The van der Waals surface area contributed by atoms with Crippen LogP contribution in [0.1, 0.15) is 38.1 Å². The third-order valence-corrected chi connectivity index (χ3v) is 3.76. The molecule has 0 fully saturated rings. The summed E-state index contributed by atoms with van der Waals surface area (Å²) in [4.78, 5) is 19.8. The predicted molar refractivity (Wildman–Crippen MR) is 79.1 cm³/mol. The van der Waals surface area contributed by atoms with Crippen molar-refractivity contribution in [3.05, 3.63) is 42.2 Å². The number of para-hydroxylation sites is 2. The van der Waals surface area contributed by atoms with Crippen molar-refractivity contribution in [2.24, 2.45) is 5.92 Å². The highest BCUT2D eigenvalue weighted by molar-refractivity contribution is 5.77. The zero-order valence-corrected chi connectivity index (χ0v) is 11.6. The molecule has 1 aromatic heterocycles. The molecule has 104 valence electrons. The van der Waals surface area contributed by atoms with Crippen LogP contribution in [0.25, 0.3) is 11.0 Å². The van der Waals surface area contributed by atoms with Crippen LogP contribution < -0.4 is 5.32 Å². The minimum absolute atomic E-state index is 0.0921. The number of fused-ring (bicyclic) bond motifs is 1. The van der Waals surface area contributed by atoms with E-state index in [4.69, 9.17) is 0 Å². The lowest BCUT2D eigenvalue weighted by Crippen LogP contribution is -2.28. The number of aromatic nitrogens is 2. The summed E-state index contributed by atoms with van der Waals surface area (Å²) in [6, 6.07) is 7.79. The van der Waals surface area contributed by atoms with E-state index in [2.05, 4.69) is 27.4 Å². The Labute approximate surface area is 118 Å². The highest BCUT2D eigenvalue weighted by Gasteiger charge is 2.17. The number of nitrogens with zero attached hydrogens (tertiary/aromatic N) is 1. The molecule has 4 heteroatoms. The highest BCUT2D eigenvalue weighted by atomic mass is 16.1. The number of rotatable bonds is 4. The van der Waals surface area contributed by atoms with Crippen molar-refractivity contribution >= 4 is 16.9 Å². The van der Waals surface area contributed by atoms with Gasteiger partial charge in [0.2, 0.25) is 5.91 Å². The number of carbonyl (C=O) groups is 1. The Kier molecular flexibility index (Phi) is 3.54. The van der Waals surface area contributed by atoms with Crippen molar-refractivity contribution < 1.29 is 4.79 Å². The molecule has 0 spiro atoms. The third kappa shape index (κ3) is 2.74. The van der Waals surface area contributed by atoms with E-state index < -0.39 is 0 Å². The van der Waals surface area contributed by atoms with Gasteiger partial charge in [0.25, 0.3) is 0 Å². The zero-order valence-electron chi connectivity index (χ0n) is 11.6. The van der Waals surface area contributed by atoms with Crippen molar-refractivity contribution in [1.29, 1.82) is 0 Å². The minimum Gasteiger partial charge on any atom is -0.346 e. The van der Waals surface area contributed by atoms with Gasteiger partial charge in [-0.15, -0.1) is 0 Å². The fourth-order valence-corrected chi connectivity index (χ4v) is 2.65. The van der Waals surface area contributed by atoms with Gasteiger partial charge in [0.05, 0.1) is 17.1 Å². The van der Waals surface area contributed by atoms with E-state index in [0.717, 1.165) is 29.7 Å². The van der Waals surface area contributed by atoms with Crippen molar-refractivity contribution in [3.63, 3.8) is 0 Å². The van der Waals surface area contributed by atoms with E-state index >= 15 is 0 Å². The van der Waals surface area contributed by atoms with E-state index in [1.807, 2.05) is 31.2 Å². The zero-order chi connectivity index (χ0) is 13.9. The van der Waals surface area contributed by atoms with Gasteiger partial charge in [-0.2, -0.15) is 0 Å². The number of carbonyl (C=O) groups excluding carboxylic acids is 1. The topological polar surface area (TPSA) is 57.8 Å². The summed E-state index contributed by atoms with van der Waals surface area (Å²) < 4.78 is 0. The van der Waals surface area contributed by atoms with Crippen LogP contribution in [0.2, 0.25) is 0 Å². The molecule has 0 unspecified atom stereocenters. The van der Waals surface area contributed by atoms with Crippen molar-refractivity contribution in [1.82, 2.24) is 15.3 Å². The lowest BCUT2D eigenvalue weighted by atomic mass is 10.0. The first-order valence-corrected chi connectivity index (χ1v) is 7.13. The smallest absolute Gasteiger partial charge is 0.221 e. The van der Waals surface area contributed by atoms with Gasteiger partial charge in [0.1, 0.15) is 5.82 Å². The molecule has 2 atom stereocenters. The fraction of sp³-hybridized carbons (Fsp3) is 0.375. The normalized spacial score (nSPS) is 19.4. The molecule has 20 heavy (non-hydrogen) atoms. The molecule has 1 heterocycles. The number of aromatic amines is 1. The summed E-state index contributed by atoms with van der Waals surface area (Å²) in [5.74, 6) is 1.30. The summed E-state index contributed by atoms with van der Waals surface area (Å²) >= 11 is 0. The summed E-state index contributed by atoms with van der Waals surface area (Å²) in [7, 11) is 0. The lowest BCUT2D eigenvalue weighted by Gasteiger charge is -2.13. The monoisotopic (exact) mass is 269 g/mol. The van der Waals surface area contributed by atoms with Crippen LogP contribution in [-0.4, -0.2) is 15.9 Å². The predicted octanol–water partition coefficient (Wildman–Crippen LogP) is 3.10. The molecule has 1 aromatic carbocycles. The van der Waals surface area contributed by atoms with Gasteiger partial charge in [0.15, 0.2) is 0 Å². The maximum atomic E-state index is 12.0. The van der Waals surface area contributed by atoms with E-state index in [1.54, 1.807) is 0 Å². The molecule has 1 aliphatic rings. The Morgan fingerprint density at radius 1 is 1.50 bits per heavy atom. The van der Waals surface area contributed by atoms with Gasteiger partial charge in [-0.3, -0.25) is 4.79 Å². The number of amides is 1. The molecule has 0 saturated carbocycles. The van der Waals surface area contributed by atoms with Gasteiger partial charge in [-0.1, -0.05) is 24.3 Å². The molecular weight excluding hydrogens is 250 g/mol. The molecule has 2 N–H and O–H groups in total. The van der Waals surface area contributed by atoms with E-state index in [0.29, 0.717) is 12.3 Å². The Morgan fingerprint density at radius 3 is 3.10 bits per heavy atom. The summed E-state index contributed by atoms with van der Waals surface area (Å²) in [5, 5.41) is 3.02. The molecule has 0 saturated heterocycles. The van der Waals surface area contributed by atoms with Crippen molar-refractivity contribution in [2.45, 2.75) is 32.2 Å². The third-order valence-electron chi connectivity index (χ3n) is 3.76. The van der Waals surface area contributed by atoms with E-state index in [-0.39, 0.29) is 11.9 Å².